The van der Waals surface area contributed by atoms with Gasteiger partial charge in [0.05, 0.1) is 6.61 Å². The summed E-state index contributed by atoms with van der Waals surface area (Å²) < 4.78 is 39.4. The fraction of sp³-hybridized carbons (Fsp3) is 1.00. The third-order valence-electron chi connectivity index (χ3n) is 3.02. The average Bonchev–Trinajstić information content (AvgIpc) is 2.26. The fourth-order valence-corrected chi connectivity index (χ4v) is 2.18. The van der Waals surface area contributed by atoms with Crippen molar-refractivity contribution in [2.75, 3.05) is 32.8 Å². The fourth-order valence-electron chi connectivity index (χ4n) is 2.18. The number of nitrogens with one attached hydrogen (secondary N) is 1. The average molecular weight is 254 g/mol. The molecular formula is C11H21F3N2O. The number of piperidine rings is 1. The quantitative estimate of drug-likeness (QED) is 0.784. The summed E-state index contributed by atoms with van der Waals surface area (Å²) >= 11 is 0. The first-order valence-electron chi connectivity index (χ1n) is 6.18. The molecule has 1 atom stereocenters. The highest BCUT2D eigenvalue weighted by atomic mass is 19.4. The Morgan fingerprint density at radius 1 is 1.35 bits per heavy atom. The van der Waals surface area contributed by atoms with Crippen molar-refractivity contribution in [3.8, 4) is 0 Å². The van der Waals surface area contributed by atoms with Gasteiger partial charge in [0.2, 0.25) is 0 Å². The van der Waals surface area contributed by atoms with E-state index in [9.17, 15) is 13.2 Å². The summed E-state index contributed by atoms with van der Waals surface area (Å²) in [6.07, 6.45) is -1.23. The third kappa shape index (κ3) is 6.24. The molecule has 0 aromatic heterocycles. The molecule has 1 heterocycles. The molecule has 1 saturated heterocycles. The van der Waals surface area contributed by atoms with Crippen LogP contribution in [-0.4, -0.2) is 50.1 Å². The summed E-state index contributed by atoms with van der Waals surface area (Å²) in [4.78, 5) is 2.10. The second kappa shape index (κ2) is 7.18. The molecule has 17 heavy (non-hydrogen) atoms. The minimum atomic E-state index is -4.51. The largest absolute Gasteiger partial charge is 0.522 e. The molecule has 1 unspecified atom stereocenters. The highest BCUT2D eigenvalue weighted by Crippen LogP contribution is 2.18. The minimum absolute atomic E-state index is 0.272. The summed E-state index contributed by atoms with van der Waals surface area (Å²) in [5.41, 5.74) is 0. The molecule has 6 heteroatoms. The van der Waals surface area contributed by atoms with E-state index in [-0.39, 0.29) is 6.61 Å². The number of ether oxygens (including phenoxy) is 1. The Morgan fingerprint density at radius 3 is 2.76 bits per heavy atom. The van der Waals surface area contributed by atoms with Crippen LogP contribution in [0.1, 0.15) is 26.2 Å². The second-order valence-corrected chi connectivity index (χ2v) is 4.29. The van der Waals surface area contributed by atoms with E-state index in [1.54, 1.807) is 0 Å². The van der Waals surface area contributed by atoms with Crippen LogP contribution in [0.5, 0.6) is 0 Å². The van der Waals surface area contributed by atoms with Crippen molar-refractivity contribution in [1.29, 1.82) is 0 Å². The van der Waals surface area contributed by atoms with E-state index in [4.69, 9.17) is 0 Å². The van der Waals surface area contributed by atoms with Gasteiger partial charge in [-0.2, -0.15) is 0 Å². The zero-order chi connectivity index (χ0) is 12.7. The van der Waals surface area contributed by atoms with E-state index >= 15 is 0 Å². The first-order chi connectivity index (χ1) is 8.03. The summed E-state index contributed by atoms with van der Waals surface area (Å²) in [5.74, 6) is 0. The van der Waals surface area contributed by atoms with Gasteiger partial charge in [-0.15, -0.1) is 13.2 Å². The van der Waals surface area contributed by atoms with Crippen molar-refractivity contribution >= 4 is 0 Å². The normalized spacial score (nSPS) is 22.9. The van der Waals surface area contributed by atoms with Crippen molar-refractivity contribution in [1.82, 2.24) is 10.2 Å². The molecule has 0 radical (unpaired) electrons. The van der Waals surface area contributed by atoms with Crippen molar-refractivity contribution in [2.24, 2.45) is 0 Å². The number of alkyl halides is 3. The van der Waals surface area contributed by atoms with Gasteiger partial charge in [0.25, 0.3) is 0 Å². The lowest BCUT2D eigenvalue weighted by Gasteiger charge is -2.35. The number of rotatable bonds is 6. The van der Waals surface area contributed by atoms with E-state index in [0.717, 1.165) is 38.9 Å². The van der Waals surface area contributed by atoms with Crippen LogP contribution in [0.3, 0.4) is 0 Å². The van der Waals surface area contributed by atoms with Crippen LogP contribution in [0, 0.1) is 0 Å². The number of likely N-dealkylation sites (tertiary alicyclic amines) is 1. The maximum Gasteiger partial charge on any atom is 0.522 e. The number of likely N-dealkylation sites (N-methyl/N-ethyl adjacent to an activating group) is 1. The lowest BCUT2D eigenvalue weighted by atomic mass is 10.0. The van der Waals surface area contributed by atoms with E-state index in [0.29, 0.717) is 12.6 Å². The topological polar surface area (TPSA) is 24.5 Å². The molecule has 0 saturated carbocycles. The van der Waals surface area contributed by atoms with E-state index in [1.165, 1.54) is 0 Å². The van der Waals surface area contributed by atoms with Crippen molar-refractivity contribution in [3.63, 3.8) is 0 Å². The predicted molar refractivity (Wildman–Crippen MR) is 59.8 cm³/mol. The number of nitrogens with zero attached hydrogens (tertiary/aromatic N) is 1. The van der Waals surface area contributed by atoms with Crippen molar-refractivity contribution < 1.29 is 17.9 Å². The van der Waals surface area contributed by atoms with Crippen LogP contribution in [0.2, 0.25) is 0 Å². The van der Waals surface area contributed by atoms with Gasteiger partial charge in [-0.05, 0) is 25.9 Å². The Hall–Kier alpha value is -0.330. The summed E-state index contributed by atoms with van der Waals surface area (Å²) in [7, 11) is 0. The molecule has 1 aliphatic rings. The molecule has 0 aromatic carbocycles. The first kappa shape index (κ1) is 14.7. The Bertz CT molecular complexity index is 211. The van der Waals surface area contributed by atoms with Gasteiger partial charge in [0, 0.05) is 19.1 Å². The number of hydrogen-bond acceptors (Lipinski definition) is 3. The standard InChI is InChI=1S/C11H21F3N2O/c1-2-15-9-10-5-3-4-6-16(10)7-8-17-11(12,13)14/h10,15H,2-9H2,1H3. The van der Waals surface area contributed by atoms with Gasteiger partial charge in [-0.3, -0.25) is 9.64 Å². The molecule has 1 fully saturated rings. The molecule has 0 bridgehead atoms. The molecular weight excluding hydrogens is 233 g/mol. The van der Waals surface area contributed by atoms with Crippen LogP contribution < -0.4 is 5.32 Å². The van der Waals surface area contributed by atoms with Crippen LogP contribution in [0.15, 0.2) is 0 Å². The summed E-state index contributed by atoms with van der Waals surface area (Å²) in [6, 6.07) is 0.348. The van der Waals surface area contributed by atoms with Crippen LogP contribution >= 0.6 is 0 Å². The van der Waals surface area contributed by atoms with Crippen LogP contribution in [0.4, 0.5) is 13.2 Å². The highest BCUT2D eigenvalue weighted by molar-refractivity contribution is 4.78. The molecule has 102 valence electrons. The zero-order valence-corrected chi connectivity index (χ0v) is 10.2. The molecule has 1 N–H and O–H groups in total. The summed E-state index contributed by atoms with van der Waals surface area (Å²) in [6.45, 7) is 4.73. The molecule has 1 rings (SSSR count). The maximum absolute atomic E-state index is 11.9. The maximum atomic E-state index is 11.9. The molecule has 3 nitrogen and oxygen atoms in total. The van der Waals surface area contributed by atoms with E-state index in [1.807, 2.05) is 6.92 Å². The second-order valence-electron chi connectivity index (χ2n) is 4.29. The van der Waals surface area contributed by atoms with Gasteiger partial charge in [0.1, 0.15) is 0 Å². The van der Waals surface area contributed by atoms with Gasteiger partial charge in [-0.25, -0.2) is 0 Å². The number of halogens is 3. The highest BCUT2D eigenvalue weighted by Gasteiger charge is 2.30. The first-order valence-corrected chi connectivity index (χ1v) is 6.18. The molecule has 1 aliphatic heterocycles. The molecule has 0 spiro atoms. The third-order valence-corrected chi connectivity index (χ3v) is 3.02. The Kier molecular flexibility index (Phi) is 6.22. The SMILES string of the molecule is CCNCC1CCCCN1CCOC(F)(F)F. The molecule has 0 aromatic rings. The van der Waals surface area contributed by atoms with Gasteiger partial charge in [-0.1, -0.05) is 13.3 Å². The van der Waals surface area contributed by atoms with Crippen LogP contribution in [-0.2, 0) is 4.74 Å². The predicted octanol–water partition coefficient (Wildman–Crippen LogP) is 1.99. The van der Waals surface area contributed by atoms with Crippen LogP contribution in [0.25, 0.3) is 0 Å². The summed E-state index contributed by atoms with van der Waals surface area (Å²) in [5, 5.41) is 3.25. The van der Waals surface area contributed by atoms with Crippen molar-refractivity contribution in [3.05, 3.63) is 0 Å². The smallest absolute Gasteiger partial charge is 0.315 e. The Labute approximate surface area is 100 Å². The number of hydrogen-bond donors (Lipinski definition) is 1. The van der Waals surface area contributed by atoms with E-state index in [2.05, 4.69) is 15.0 Å². The monoisotopic (exact) mass is 254 g/mol. The van der Waals surface area contributed by atoms with Crippen molar-refractivity contribution in [2.45, 2.75) is 38.6 Å². The van der Waals surface area contributed by atoms with E-state index < -0.39 is 6.36 Å². The lowest BCUT2D eigenvalue weighted by molar-refractivity contribution is -0.325. The molecule has 0 amide bonds. The van der Waals surface area contributed by atoms with Gasteiger partial charge in [0.15, 0.2) is 0 Å². The lowest BCUT2D eigenvalue weighted by Crippen LogP contribution is -2.47. The molecule has 0 aliphatic carbocycles. The Balaban J connectivity index is 2.27. The zero-order valence-electron chi connectivity index (χ0n) is 10.2. The van der Waals surface area contributed by atoms with Gasteiger partial charge >= 0.3 is 6.36 Å². The van der Waals surface area contributed by atoms with Gasteiger partial charge < -0.3 is 5.32 Å². The minimum Gasteiger partial charge on any atom is -0.315 e. The Morgan fingerprint density at radius 2 is 2.12 bits per heavy atom.